The van der Waals surface area contributed by atoms with E-state index < -0.39 is 0 Å². The minimum Gasteiger partial charge on any atom is -0.393 e. The molecule has 0 bridgehead atoms. The molecule has 2 unspecified atom stereocenters. The molecule has 1 N–H and O–H groups in total. The van der Waals surface area contributed by atoms with Crippen molar-refractivity contribution in [2.45, 2.75) is 45.8 Å². The molecule has 2 nitrogen and oxygen atoms in total. The van der Waals surface area contributed by atoms with E-state index in [1.165, 1.54) is 6.42 Å². The normalized spacial score (nSPS) is 24.6. The summed E-state index contributed by atoms with van der Waals surface area (Å²) in [7, 11) is 0. The maximum absolute atomic E-state index is 8.36. The van der Waals surface area contributed by atoms with Crippen molar-refractivity contribution in [2.75, 3.05) is 6.61 Å². The molecule has 0 spiro atoms. The van der Waals surface area contributed by atoms with Crippen LogP contribution in [0.4, 0.5) is 0 Å². The van der Waals surface area contributed by atoms with Gasteiger partial charge in [0.2, 0.25) is 0 Å². The lowest BCUT2D eigenvalue weighted by molar-refractivity contribution is 0.191. The van der Waals surface area contributed by atoms with Crippen molar-refractivity contribution in [1.29, 1.82) is 0 Å². The van der Waals surface area contributed by atoms with Gasteiger partial charge in [0.1, 0.15) is 0 Å². The maximum atomic E-state index is 8.36. The molecule has 0 aromatic rings. The van der Waals surface area contributed by atoms with Crippen LogP contribution in [-0.2, 0) is 4.74 Å². The molecule has 2 heteroatoms. The van der Waals surface area contributed by atoms with Crippen molar-refractivity contribution in [3.05, 3.63) is 0 Å². The zero-order valence-corrected chi connectivity index (χ0v) is 7.13. The van der Waals surface area contributed by atoms with Gasteiger partial charge in [-0.2, -0.15) is 0 Å². The topological polar surface area (TPSA) is 32.8 Å². The van der Waals surface area contributed by atoms with Crippen LogP contribution < -0.4 is 0 Å². The Bertz CT molecular complexity index is 65.7. The van der Waals surface area contributed by atoms with E-state index in [0.29, 0.717) is 6.10 Å². The minimum atomic E-state index is -0.116. The SMILES string of the molecule is CCC(C)O.CCC1CO1. The standard InChI is InChI=1S/C4H8O.C4H10O/c1-2-4-3-5-4;1-3-4(2)5/h4H,2-3H2,1H3;4-5H,3H2,1-2H3. The van der Waals surface area contributed by atoms with E-state index in [1.54, 1.807) is 6.92 Å². The fraction of sp³-hybridized carbons (Fsp3) is 1.00. The summed E-state index contributed by atoms with van der Waals surface area (Å²) in [5.41, 5.74) is 0. The molecule has 1 saturated heterocycles. The molecule has 10 heavy (non-hydrogen) atoms. The average Bonchev–Trinajstić information content (AvgIpc) is 2.70. The van der Waals surface area contributed by atoms with E-state index in [2.05, 4.69) is 6.92 Å². The largest absolute Gasteiger partial charge is 0.393 e. The van der Waals surface area contributed by atoms with Crippen molar-refractivity contribution in [1.82, 2.24) is 0 Å². The first-order valence-corrected chi connectivity index (χ1v) is 4.00. The summed E-state index contributed by atoms with van der Waals surface area (Å²) in [5, 5.41) is 8.36. The molecule has 2 atom stereocenters. The van der Waals surface area contributed by atoms with Crippen molar-refractivity contribution in [2.24, 2.45) is 0 Å². The van der Waals surface area contributed by atoms with E-state index in [0.717, 1.165) is 13.0 Å². The quantitative estimate of drug-likeness (QED) is 0.600. The van der Waals surface area contributed by atoms with Crippen LogP contribution in [0, 0.1) is 0 Å². The van der Waals surface area contributed by atoms with Crippen LogP contribution in [0.2, 0.25) is 0 Å². The van der Waals surface area contributed by atoms with Crippen LogP contribution in [0.1, 0.15) is 33.6 Å². The first-order chi connectivity index (χ1) is 4.70. The number of rotatable bonds is 2. The first-order valence-electron chi connectivity index (χ1n) is 4.00. The smallest absolute Gasteiger partial charge is 0.0807 e. The van der Waals surface area contributed by atoms with E-state index >= 15 is 0 Å². The predicted octanol–water partition coefficient (Wildman–Crippen LogP) is 1.57. The Morgan fingerprint density at radius 2 is 2.00 bits per heavy atom. The fourth-order valence-corrected chi connectivity index (χ4v) is 0.304. The summed E-state index contributed by atoms with van der Waals surface area (Å²) in [4.78, 5) is 0. The number of aliphatic hydroxyl groups excluding tert-OH is 1. The van der Waals surface area contributed by atoms with Gasteiger partial charge in [0.05, 0.1) is 18.8 Å². The molecule has 0 amide bonds. The lowest BCUT2D eigenvalue weighted by Crippen LogP contribution is -1.93. The number of epoxide rings is 1. The summed E-state index contributed by atoms with van der Waals surface area (Å²) in [6.07, 6.45) is 2.57. The van der Waals surface area contributed by atoms with Crippen LogP contribution in [0.3, 0.4) is 0 Å². The second kappa shape index (κ2) is 5.69. The van der Waals surface area contributed by atoms with Crippen molar-refractivity contribution in [3.8, 4) is 0 Å². The number of hydrogen-bond acceptors (Lipinski definition) is 2. The van der Waals surface area contributed by atoms with E-state index in [-0.39, 0.29) is 6.10 Å². The monoisotopic (exact) mass is 146 g/mol. The molecule has 62 valence electrons. The highest BCUT2D eigenvalue weighted by Crippen LogP contribution is 2.10. The molecule has 1 fully saturated rings. The van der Waals surface area contributed by atoms with Crippen molar-refractivity contribution >= 4 is 0 Å². The Morgan fingerprint density at radius 1 is 1.60 bits per heavy atom. The third kappa shape index (κ3) is 7.92. The lowest BCUT2D eigenvalue weighted by atomic mass is 10.3. The van der Waals surface area contributed by atoms with Crippen LogP contribution in [0.5, 0.6) is 0 Å². The molecule has 1 aliphatic rings. The Labute approximate surface area is 63.2 Å². The van der Waals surface area contributed by atoms with E-state index in [4.69, 9.17) is 9.84 Å². The lowest BCUT2D eigenvalue weighted by Gasteiger charge is -1.90. The third-order valence-corrected chi connectivity index (χ3v) is 1.45. The average molecular weight is 146 g/mol. The van der Waals surface area contributed by atoms with Crippen molar-refractivity contribution in [3.63, 3.8) is 0 Å². The summed E-state index contributed by atoms with van der Waals surface area (Å²) < 4.78 is 4.86. The van der Waals surface area contributed by atoms with Gasteiger partial charge in [0.15, 0.2) is 0 Å². The van der Waals surface area contributed by atoms with Gasteiger partial charge in [-0.15, -0.1) is 0 Å². The molecule has 0 aromatic carbocycles. The van der Waals surface area contributed by atoms with Gasteiger partial charge in [0.25, 0.3) is 0 Å². The zero-order chi connectivity index (χ0) is 7.98. The Kier molecular flexibility index (Phi) is 5.64. The second-order valence-corrected chi connectivity index (χ2v) is 2.62. The number of ether oxygens (including phenoxy) is 1. The van der Waals surface area contributed by atoms with E-state index in [9.17, 15) is 0 Å². The Hall–Kier alpha value is -0.0800. The number of aliphatic hydroxyl groups is 1. The van der Waals surface area contributed by atoms with Gasteiger partial charge in [-0.25, -0.2) is 0 Å². The van der Waals surface area contributed by atoms with Gasteiger partial charge in [-0.3, -0.25) is 0 Å². The van der Waals surface area contributed by atoms with Gasteiger partial charge in [-0.05, 0) is 19.8 Å². The first kappa shape index (κ1) is 9.92. The van der Waals surface area contributed by atoms with Gasteiger partial charge >= 0.3 is 0 Å². The van der Waals surface area contributed by atoms with Gasteiger partial charge in [-0.1, -0.05) is 13.8 Å². The Morgan fingerprint density at radius 3 is 2.00 bits per heavy atom. The molecule has 0 aliphatic carbocycles. The van der Waals surface area contributed by atoms with Crippen LogP contribution >= 0.6 is 0 Å². The highest BCUT2D eigenvalue weighted by Gasteiger charge is 2.18. The molecule has 1 aliphatic heterocycles. The van der Waals surface area contributed by atoms with Crippen LogP contribution in [0.25, 0.3) is 0 Å². The molecule has 1 heterocycles. The highest BCUT2D eigenvalue weighted by molar-refractivity contribution is 4.64. The van der Waals surface area contributed by atoms with Crippen LogP contribution in [0.15, 0.2) is 0 Å². The minimum absolute atomic E-state index is 0.116. The Balaban J connectivity index is 0.000000162. The summed E-state index contributed by atoms with van der Waals surface area (Å²) in [6.45, 7) is 6.87. The molecular weight excluding hydrogens is 128 g/mol. The van der Waals surface area contributed by atoms with Gasteiger partial charge < -0.3 is 9.84 Å². The van der Waals surface area contributed by atoms with Gasteiger partial charge in [0, 0.05) is 0 Å². The molecule has 1 rings (SSSR count). The summed E-state index contributed by atoms with van der Waals surface area (Å²) in [6, 6.07) is 0. The molecular formula is C8H18O2. The third-order valence-electron chi connectivity index (χ3n) is 1.45. The summed E-state index contributed by atoms with van der Waals surface area (Å²) in [5.74, 6) is 0. The highest BCUT2D eigenvalue weighted by atomic mass is 16.6. The summed E-state index contributed by atoms with van der Waals surface area (Å²) >= 11 is 0. The van der Waals surface area contributed by atoms with Crippen molar-refractivity contribution < 1.29 is 9.84 Å². The molecule has 0 radical (unpaired) electrons. The molecule has 0 saturated carbocycles. The maximum Gasteiger partial charge on any atom is 0.0807 e. The van der Waals surface area contributed by atoms with E-state index in [1.807, 2.05) is 6.92 Å². The predicted molar refractivity (Wildman–Crippen MR) is 42.0 cm³/mol. The fourth-order valence-electron chi connectivity index (χ4n) is 0.304. The second-order valence-electron chi connectivity index (χ2n) is 2.62. The van der Waals surface area contributed by atoms with Crippen LogP contribution in [-0.4, -0.2) is 23.9 Å². The molecule has 0 aromatic heterocycles. The number of hydrogen-bond donors (Lipinski definition) is 1. The zero-order valence-electron chi connectivity index (χ0n) is 7.13.